The highest BCUT2D eigenvalue weighted by Crippen LogP contribution is 2.46. The topological polar surface area (TPSA) is 62.8 Å². The van der Waals surface area contributed by atoms with Gasteiger partial charge in [0.15, 0.2) is 0 Å². The Morgan fingerprint density at radius 2 is 1.77 bits per heavy atom. The van der Waals surface area contributed by atoms with Gasteiger partial charge in [0.1, 0.15) is 11.5 Å². The minimum atomic E-state index is -4.74. The molecule has 0 amide bonds. The van der Waals surface area contributed by atoms with Crippen LogP contribution in [0.4, 0.5) is 13.2 Å². The van der Waals surface area contributed by atoms with Crippen LogP contribution in [-0.4, -0.2) is 36.3 Å². The summed E-state index contributed by atoms with van der Waals surface area (Å²) in [7, 11) is 0. The van der Waals surface area contributed by atoms with E-state index in [4.69, 9.17) is 4.74 Å². The lowest BCUT2D eigenvalue weighted by Crippen LogP contribution is -2.58. The van der Waals surface area contributed by atoms with Crippen LogP contribution in [0.3, 0.4) is 0 Å². The summed E-state index contributed by atoms with van der Waals surface area (Å²) in [6.45, 7) is 0.488. The molecule has 3 aliphatic rings. The van der Waals surface area contributed by atoms with Gasteiger partial charge in [-0.05, 0) is 61.8 Å². The number of fused-ring (bicyclic) bond motifs is 2. The average molecular weight is 535 g/mol. The summed E-state index contributed by atoms with van der Waals surface area (Å²) >= 11 is 0. The summed E-state index contributed by atoms with van der Waals surface area (Å²) in [6, 6.07) is 14.8. The lowest BCUT2D eigenvalue weighted by Gasteiger charge is -2.43. The van der Waals surface area contributed by atoms with Crippen molar-refractivity contribution in [2.75, 3.05) is 6.61 Å². The zero-order valence-corrected chi connectivity index (χ0v) is 20.7. The average Bonchev–Trinajstić information content (AvgIpc) is 3.56. The van der Waals surface area contributed by atoms with Gasteiger partial charge in [0.25, 0.3) is 0 Å². The number of nitrogens with one attached hydrogen (secondary N) is 2. The fraction of sp³-hybridized carbons (Fsp3) is 0.520. The van der Waals surface area contributed by atoms with Crippen molar-refractivity contribution in [1.29, 1.82) is 0 Å². The van der Waals surface area contributed by atoms with E-state index in [1.165, 1.54) is 12.1 Å². The van der Waals surface area contributed by atoms with E-state index in [9.17, 15) is 18.3 Å². The van der Waals surface area contributed by atoms with E-state index in [0.717, 1.165) is 37.7 Å². The molecule has 35 heavy (non-hydrogen) atoms. The standard InChI is InChI=1S/C25H29F3N2O3.2ClH/c26-25(27,28)33-20-8-10-22(32-19-6-7-19)16(12-20)14-29-23-11-9-21-17(15-31)13-24(23,30-21)18-4-2-1-3-5-18;;/h1-5,8,10,12,17,19,21,23,29-31H,6-7,9,11,13-15H2;2*1H. The van der Waals surface area contributed by atoms with Crippen molar-refractivity contribution in [2.24, 2.45) is 5.92 Å². The van der Waals surface area contributed by atoms with E-state index in [0.29, 0.717) is 17.9 Å². The van der Waals surface area contributed by atoms with Crippen molar-refractivity contribution in [1.82, 2.24) is 10.6 Å². The number of rotatable bonds is 8. The number of piperidine rings is 1. The Hall–Kier alpha value is -1.71. The first-order valence-corrected chi connectivity index (χ1v) is 11.6. The Balaban J connectivity index is 0.00000171. The van der Waals surface area contributed by atoms with Gasteiger partial charge < -0.3 is 25.2 Å². The van der Waals surface area contributed by atoms with Gasteiger partial charge in [0, 0.05) is 30.8 Å². The summed E-state index contributed by atoms with van der Waals surface area (Å²) < 4.78 is 48.5. The zero-order valence-electron chi connectivity index (χ0n) is 19.1. The van der Waals surface area contributed by atoms with Crippen LogP contribution in [0.15, 0.2) is 48.5 Å². The van der Waals surface area contributed by atoms with Gasteiger partial charge in [-0.25, -0.2) is 0 Å². The van der Waals surface area contributed by atoms with Gasteiger partial charge in [-0.1, -0.05) is 30.3 Å². The van der Waals surface area contributed by atoms with E-state index in [-0.39, 0.29) is 66.8 Å². The van der Waals surface area contributed by atoms with Crippen molar-refractivity contribution in [3.05, 3.63) is 59.7 Å². The maximum Gasteiger partial charge on any atom is 0.573 e. The molecular formula is C25H31Cl2F3N2O3. The molecule has 2 aromatic carbocycles. The maximum absolute atomic E-state index is 12.8. The molecule has 2 aliphatic heterocycles. The molecule has 3 N–H and O–H groups in total. The highest BCUT2D eigenvalue weighted by molar-refractivity contribution is 5.85. The molecule has 2 heterocycles. The molecule has 1 aliphatic carbocycles. The third-order valence-electron chi connectivity index (χ3n) is 7.10. The Morgan fingerprint density at radius 1 is 1.03 bits per heavy atom. The predicted molar refractivity (Wildman–Crippen MR) is 131 cm³/mol. The van der Waals surface area contributed by atoms with E-state index in [1.54, 1.807) is 6.07 Å². The number of halogens is 5. The van der Waals surface area contributed by atoms with Crippen LogP contribution in [0.1, 0.15) is 43.2 Å². The van der Waals surface area contributed by atoms with Crippen molar-refractivity contribution >= 4 is 24.8 Å². The quantitative estimate of drug-likeness (QED) is 0.440. The Labute approximate surface area is 215 Å². The molecule has 3 fully saturated rings. The van der Waals surface area contributed by atoms with Gasteiger partial charge in [-0.15, -0.1) is 38.0 Å². The van der Waals surface area contributed by atoms with Crippen LogP contribution < -0.4 is 20.1 Å². The number of aliphatic hydroxyl groups is 1. The van der Waals surface area contributed by atoms with Gasteiger partial charge >= 0.3 is 6.36 Å². The molecule has 0 radical (unpaired) electrons. The highest BCUT2D eigenvalue weighted by atomic mass is 35.5. The molecule has 1 saturated carbocycles. The molecule has 10 heteroatoms. The van der Waals surface area contributed by atoms with E-state index in [1.807, 2.05) is 18.2 Å². The zero-order chi connectivity index (χ0) is 23.1. The van der Waals surface area contributed by atoms with Gasteiger partial charge in [0.05, 0.1) is 11.6 Å². The number of benzene rings is 2. The molecule has 5 rings (SSSR count). The summed E-state index contributed by atoms with van der Waals surface area (Å²) in [5.74, 6) is 0.520. The first-order chi connectivity index (χ1) is 15.9. The first kappa shape index (κ1) is 27.9. The van der Waals surface area contributed by atoms with Gasteiger partial charge in [0.2, 0.25) is 0 Å². The van der Waals surface area contributed by atoms with Crippen LogP contribution in [0.2, 0.25) is 0 Å². The minimum Gasteiger partial charge on any atom is -0.490 e. The summed E-state index contributed by atoms with van der Waals surface area (Å²) in [5, 5.41) is 17.3. The second-order valence-corrected chi connectivity index (χ2v) is 9.38. The summed E-state index contributed by atoms with van der Waals surface area (Å²) in [4.78, 5) is 0. The first-order valence-electron chi connectivity index (χ1n) is 11.6. The molecular weight excluding hydrogens is 504 g/mol. The smallest absolute Gasteiger partial charge is 0.490 e. The fourth-order valence-corrected chi connectivity index (χ4v) is 5.42. The van der Waals surface area contributed by atoms with Crippen LogP contribution in [-0.2, 0) is 12.1 Å². The fourth-order valence-electron chi connectivity index (χ4n) is 5.42. The number of hydrogen-bond acceptors (Lipinski definition) is 5. The molecule has 2 aromatic rings. The largest absolute Gasteiger partial charge is 0.573 e. The Bertz CT molecular complexity index is 978. The maximum atomic E-state index is 12.8. The van der Waals surface area contributed by atoms with E-state index >= 15 is 0 Å². The number of aliphatic hydroxyl groups excluding tert-OH is 1. The van der Waals surface area contributed by atoms with Gasteiger partial charge in [-0.3, -0.25) is 0 Å². The molecule has 4 unspecified atom stereocenters. The van der Waals surface area contributed by atoms with Crippen molar-refractivity contribution < 1.29 is 27.8 Å². The molecule has 0 spiro atoms. The normalized spacial score (nSPS) is 27.5. The minimum absolute atomic E-state index is 0. The van der Waals surface area contributed by atoms with Crippen LogP contribution in [0.25, 0.3) is 0 Å². The Kier molecular flexibility index (Phi) is 8.86. The van der Waals surface area contributed by atoms with E-state index < -0.39 is 6.36 Å². The van der Waals surface area contributed by atoms with Crippen LogP contribution >= 0.6 is 24.8 Å². The second kappa shape index (κ2) is 11.1. The summed E-state index contributed by atoms with van der Waals surface area (Å²) in [6.07, 6.45) is -0.0557. The van der Waals surface area contributed by atoms with E-state index in [2.05, 4.69) is 27.5 Å². The number of ether oxygens (including phenoxy) is 2. The van der Waals surface area contributed by atoms with Crippen molar-refractivity contribution in [2.45, 2.75) is 68.7 Å². The lowest BCUT2D eigenvalue weighted by atomic mass is 9.78. The van der Waals surface area contributed by atoms with Crippen LogP contribution in [0.5, 0.6) is 11.5 Å². The molecule has 5 nitrogen and oxygen atoms in total. The monoisotopic (exact) mass is 534 g/mol. The summed E-state index contributed by atoms with van der Waals surface area (Å²) in [5.41, 5.74) is 1.47. The van der Waals surface area contributed by atoms with Crippen molar-refractivity contribution in [3.8, 4) is 11.5 Å². The lowest BCUT2D eigenvalue weighted by molar-refractivity contribution is -0.274. The second-order valence-electron chi connectivity index (χ2n) is 9.38. The van der Waals surface area contributed by atoms with Crippen LogP contribution in [0, 0.1) is 5.92 Å². The predicted octanol–water partition coefficient (Wildman–Crippen LogP) is 5.09. The highest BCUT2D eigenvalue weighted by Gasteiger charge is 2.53. The number of alkyl halides is 3. The molecule has 4 atom stereocenters. The Morgan fingerprint density at radius 3 is 2.43 bits per heavy atom. The molecule has 2 saturated heterocycles. The molecule has 2 bridgehead atoms. The number of hydrogen-bond donors (Lipinski definition) is 3. The third kappa shape index (κ3) is 6.17. The van der Waals surface area contributed by atoms with Crippen molar-refractivity contribution in [3.63, 3.8) is 0 Å². The molecule has 0 aromatic heterocycles. The van der Waals surface area contributed by atoms with Gasteiger partial charge in [-0.2, -0.15) is 0 Å². The molecule has 194 valence electrons. The SMILES string of the molecule is Cl.Cl.OCC1CC2(c3ccccc3)NC1CCC2NCc1cc(OC(F)(F)F)ccc1OC1CC1. The third-order valence-corrected chi connectivity index (χ3v) is 7.10.